The van der Waals surface area contributed by atoms with Crippen LogP contribution in [-0.4, -0.2) is 35.1 Å². The van der Waals surface area contributed by atoms with E-state index in [-0.39, 0.29) is 23.1 Å². The monoisotopic (exact) mass is 226 g/mol. The molecule has 0 bridgehead atoms. The number of ketones is 1. The number of Topliss-reactive ketones (excluding diaryl/α,β-unsaturated/α-hetero) is 1. The summed E-state index contributed by atoms with van der Waals surface area (Å²) in [5.41, 5.74) is 0.551. The fraction of sp³-hybridized carbons (Fsp3) is 0.600. The van der Waals surface area contributed by atoms with Crippen LogP contribution in [0.2, 0.25) is 0 Å². The number of carbonyl (C=O) groups excluding carboxylic acids is 2. The van der Waals surface area contributed by atoms with Gasteiger partial charge in [0, 0.05) is 12.3 Å². The minimum absolute atomic E-state index is 0.0280. The zero-order chi connectivity index (χ0) is 11.0. The van der Waals surface area contributed by atoms with Gasteiger partial charge in [0.25, 0.3) is 0 Å². The van der Waals surface area contributed by atoms with Crippen molar-refractivity contribution in [2.45, 2.75) is 31.2 Å². The molecule has 0 aromatic rings. The molecule has 4 nitrogen and oxygen atoms in total. The molecule has 2 unspecified atom stereocenters. The Hall–Kier alpha value is -0.810. The van der Waals surface area contributed by atoms with Crippen molar-refractivity contribution in [3.05, 3.63) is 11.1 Å². The summed E-state index contributed by atoms with van der Waals surface area (Å²) in [4.78, 5) is 25.0. The Bertz CT molecular complexity index is 340. The number of nitrogens with zero attached hydrogens (tertiary/aromatic N) is 1. The van der Waals surface area contributed by atoms with Crippen LogP contribution in [0.15, 0.2) is 11.1 Å². The van der Waals surface area contributed by atoms with Gasteiger partial charge in [-0.2, -0.15) is 0 Å². The van der Waals surface area contributed by atoms with Crippen LogP contribution in [-0.2, 0) is 9.59 Å². The van der Waals surface area contributed by atoms with Crippen molar-refractivity contribution >= 4 is 23.5 Å². The molecule has 0 aliphatic carbocycles. The van der Waals surface area contributed by atoms with Crippen LogP contribution >= 0.6 is 11.8 Å². The SMILES string of the molecule is CNC1CCC2SC=C(C(C)=O)N2C1=O. The van der Waals surface area contributed by atoms with Gasteiger partial charge in [0.2, 0.25) is 5.91 Å². The van der Waals surface area contributed by atoms with Gasteiger partial charge in [-0.3, -0.25) is 14.5 Å². The molecule has 0 saturated carbocycles. The van der Waals surface area contributed by atoms with Crippen LogP contribution in [0.1, 0.15) is 19.8 Å². The average Bonchev–Trinajstić information content (AvgIpc) is 2.63. The second kappa shape index (κ2) is 3.98. The first-order chi connectivity index (χ1) is 7.15. The molecule has 2 aliphatic heterocycles. The minimum Gasteiger partial charge on any atom is -0.309 e. The van der Waals surface area contributed by atoms with Crippen molar-refractivity contribution in [2.24, 2.45) is 0 Å². The van der Waals surface area contributed by atoms with Crippen molar-refractivity contribution in [3.63, 3.8) is 0 Å². The smallest absolute Gasteiger partial charge is 0.245 e. The molecule has 2 aliphatic rings. The minimum atomic E-state index is -0.136. The number of thioether (sulfide) groups is 1. The summed E-state index contributed by atoms with van der Waals surface area (Å²) in [6, 6.07) is -0.136. The van der Waals surface area contributed by atoms with E-state index in [9.17, 15) is 9.59 Å². The lowest BCUT2D eigenvalue weighted by Gasteiger charge is -2.34. The Labute approximate surface area is 93.1 Å². The van der Waals surface area contributed by atoms with Crippen molar-refractivity contribution in [1.82, 2.24) is 10.2 Å². The molecule has 2 atom stereocenters. The summed E-state index contributed by atoms with van der Waals surface area (Å²) in [6.07, 6.45) is 1.79. The lowest BCUT2D eigenvalue weighted by molar-refractivity contribution is -0.136. The summed E-state index contributed by atoms with van der Waals surface area (Å²) in [6.45, 7) is 1.50. The zero-order valence-electron chi connectivity index (χ0n) is 8.82. The van der Waals surface area contributed by atoms with Gasteiger partial charge in [-0.1, -0.05) is 0 Å². The standard InChI is InChI=1S/C10H14N2O2S/c1-6(13)8-5-15-9-4-3-7(11-2)10(14)12(8)9/h5,7,9,11H,3-4H2,1-2H3. The lowest BCUT2D eigenvalue weighted by Crippen LogP contribution is -2.51. The largest absolute Gasteiger partial charge is 0.309 e. The third-order valence-electron chi connectivity index (χ3n) is 2.83. The normalized spacial score (nSPS) is 30.1. The van der Waals surface area contributed by atoms with Crippen LogP contribution < -0.4 is 5.32 Å². The summed E-state index contributed by atoms with van der Waals surface area (Å²) >= 11 is 1.57. The number of piperidine rings is 1. The predicted octanol–water partition coefficient (Wildman–Crippen LogP) is 0.700. The third kappa shape index (κ3) is 1.70. The number of hydrogen-bond acceptors (Lipinski definition) is 4. The molecule has 0 aromatic heterocycles. The average molecular weight is 226 g/mol. The van der Waals surface area contributed by atoms with Gasteiger partial charge < -0.3 is 5.32 Å². The first-order valence-corrected chi connectivity index (χ1v) is 5.96. The molecule has 0 radical (unpaired) electrons. The first-order valence-electron chi connectivity index (χ1n) is 5.02. The van der Waals surface area contributed by atoms with Gasteiger partial charge in [0.15, 0.2) is 5.78 Å². The van der Waals surface area contributed by atoms with Gasteiger partial charge in [-0.15, -0.1) is 11.8 Å². The number of nitrogens with one attached hydrogen (secondary N) is 1. The summed E-state index contributed by atoms with van der Waals surface area (Å²) < 4.78 is 0. The molecular formula is C10H14N2O2S. The number of allylic oxidation sites excluding steroid dienone is 1. The van der Waals surface area contributed by atoms with Crippen LogP contribution in [0, 0.1) is 0 Å². The van der Waals surface area contributed by atoms with E-state index in [4.69, 9.17) is 0 Å². The number of rotatable bonds is 2. The topological polar surface area (TPSA) is 49.4 Å². The van der Waals surface area contributed by atoms with Crippen LogP contribution in [0.5, 0.6) is 0 Å². The maximum atomic E-state index is 12.0. The summed E-state index contributed by atoms with van der Waals surface area (Å²) in [5, 5.41) is 4.94. The highest BCUT2D eigenvalue weighted by Crippen LogP contribution is 2.37. The number of carbonyl (C=O) groups is 2. The molecule has 15 heavy (non-hydrogen) atoms. The number of amides is 1. The Kier molecular flexibility index (Phi) is 2.84. The molecule has 1 saturated heterocycles. The lowest BCUT2D eigenvalue weighted by atomic mass is 10.0. The van der Waals surface area contributed by atoms with E-state index < -0.39 is 0 Å². The molecule has 0 spiro atoms. The van der Waals surface area contributed by atoms with E-state index >= 15 is 0 Å². The molecule has 2 rings (SSSR count). The van der Waals surface area contributed by atoms with Gasteiger partial charge in [0.05, 0.1) is 17.1 Å². The van der Waals surface area contributed by atoms with Crippen molar-refractivity contribution in [3.8, 4) is 0 Å². The number of hydrogen-bond donors (Lipinski definition) is 1. The second-order valence-electron chi connectivity index (χ2n) is 3.78. The van der Waals surface area contributed by atoms with Crippen molar-refractivity contribution in [2.75, 3.05) is 7.05 Å². The van der Waals surface area contributed by atoms with E-state index in [2.05, 4.69) is 5.32 Å². The van der Waals surface area contributed by atoms with E-state index in [1.54, 1.807) is 23.7 Å². The van der Waals surface area contributed by atoms with Crippen LogP contribution in [0.4, 0.5) is 0 Å². The molecule has 1 amide bonds. The number of fused-ring (bicyclic) bond motifs is 1. The third-order valence-corrected chi connectivity index (χ3v) is 3.95. The van der Waals surface area contributed by atoms with Crippen molar-refractivity contribution in [1.29, 1.82) is 0 Å². The molecule has 5 heteroatoms. The molecule has 2 heterocycles. The highest BCUT2D eigenvalue weighted by atomic mass is 32.2. The highest BCUT2D eigenvalue weighted by molar-refractivity contribution is 8.03. The fourth-order valence-electron chi connectivity index (χ4n) is 1.99. The Morgan fingerprint density at radius 1 is 1.60 bits per heavy atom. The first kappa shape index (κ1) is 10.7. The van der Waals surface area contributed by atoms with Gasteiger partial charge in [-0.05, 0) is 19.9 Å². The molecule has 1 N–H and O–H groups in total. The second-order valence-corrected chi connectivity index (χ2v) is 4.83. The van der Waals surface area contributed by atoms with E-state index in [1.165, 1.54) is 6.92 Å². The molecular weight excluding hydrogens is 212 g/mol. The maximum absolute atomic E-state index is 12.0. The maximum Gasteiger partial charge on any atom is 0.245 e. The Morgan fingerprint density at radius 2 is 2.33 bits per heavy atom. The fourth-order valence-corrected chi connectivity index (χ4v) is 3.17. The van der Waals surface area contributed by atoms with E-state index in [0.29, 0.717) is 5.70 Å². The predicted molar refractivity (Wildman–Crippen MR) is 59.1 cm³/mol. The summed E-state index contributed by atoms with van der Waals surface area (Å²) in [7, 11) is 1.78. The molecule has 1 fully saturated rings. The Morgan fingerprint density at radius 3 is 2.93 bits per heavy atom. The van der Waals surface area contributed by atoms with Crippen molar-refractivity contribution < 1.29 is 9.59 Å². The molecule has 0 aromatic carbocycles. The molecule has 82 valence electrons. The van der Waals surface area contributed by atoms with Crippen LogP contribution in [0.25, 0.3) is 0 Å². The quantitative estimate of drug-likeness (QED) is 0.753. The highest BCUT2D eigenvalue weighted by Gasteiger charge is 2.40. The Balaban J connectivity index is 2.23. The van der Waals surface area contributed by atoms with Gasteiger partial charge in [-0.25, -0.2) is 0 Å². The van der Waals surface area contributed by atoms with E-state index in [1.807, 2.05) is 5.41 Å². The van der Waals surface area contributed by atoms with Gasteiger partial charge >= 0.3 is 0 Å². The van der Waals surface area contributed by atoms with Gasteiger partial charge in [0.1, 0.15) is 0 Å². The zero-order valence-corrected chi connectivity index (χ0v) is 9.63. The van der Waals surface area contributed by atoms with E-state index in [0.717, 1.165) is 12.8 Å². The number of likely N-dealkylation sites (N-methyl/N-ethyl adjacent to an activating group) is 1. The summed E-state index contributed by atoms with van der Waals surface area (Å²) in [5.74, 6) is -0.00435. The van der Waals surface area contributed by atoms with Crippen LogP contribution in [0.3, 0.4) is 0 Å².